The maximum atomic E-state index is 12.2. The molecule has 0 radical (unpaired) electrons. The molecule has 0 fully saturated rings. The topological polar surface area (TPSA) is 51.2 Å². The van der Waals surface area contributed by atoms with Gasteiger partial charge in [-0.2, -0.15) is 0 Å². The summed E-state index contributed by atoms with van der Waals surface area (Å²) in [6, 6.07) is 3.45. The Morgan fingerprint density at radius 2 is 2.16 bits per heavy atom. The van der Waals surface area contributed by atoms with E-state index in [9.17, 15) is 4.79 Å². The van der Waals surface area contributed by atoms with Gasteiger partial charge in [0.1, 0.15) is 5.56 Å². The number of aromatic nitrogens is 1. The molecule has 106 valence electrons. The number of alkyl halides is 1. The fourth-order valence-electron chi connectivity index (χ4n) is 1.83. The Kier molecular flexibility index (Phi) is 6.28. The maximum absolute atomic E-state index is 12.2. The second-order valence-electron chi connectivity index (χ2n) is 4.58. The van der Waals surface area contributed by atoms with Crippen molar-refractivity contribution in [2.75, 3.05) is 19.0 Å². The van der Waals surface area contributed by atoms with Crippen molar-refractivity contribution >= 4 is 21.8 Å². The number of ether oxygens (including phenoxy) is 1. The van der Waals surface area contributed by atoms with Crippen LogP contribution < -0.4 is 10.1 Å². The summed E-state index contributed by atoms with van der Waals surface area (Å²) in [6.45, 7) is 4.92. The number of carbonyl (C=O) groups excluding carboxylic acids is 1. The van der Waals surface area contributed by atoms with Crippen molar-refractivity contribution in [3.63, 3.8) is 0 Å². The summed E-state index contributed by atoms with van der Waals surface area (Å²) in [6.07, 6.45) is 3.63. The molecule has 4 nitrogen and oxygen atoms in total. The highest BCUT2D eigenvalue weighted by atomic mass is 79.9. The number of nitrogens with zero attached hydrogens (tertiary/aromatic N) is 1. The number of amides is 1. The van der Waals surface area contributed by atoms with Crippen LogP contribution in [0.15, 0.2) is 18.3 Å². The number of methoxy groups -OCH3 is 1. The zero-order chi connectivity index (χ0) is 14.3. The molecule has 0 saturated carbocycles. The number of nitrogens with one attached hydrogen (secondary N) is 1. The molecule has 0 saturated heterocycles. The van der Waals surface area contributed by atoms with Crippen molar-refractivity contribution in [3.05, 3.63) is 23.9 Å². The van der Waals surface area contributed by atoms with E-state index in [0.717, 1.165) is 18.2 Å². The van der Waals surface area contributed by atoms with Gasteiger partial charge in [-0.25, -0.2) is 4.98 Å². The molecule has 0 atom stereocenters. The van der Waals surface area contributed by atoms with Gasteiger partial charge < -0.3 is 10.1 Å². The van der Waals surface area contributed by atoms with Crippen LogP contribution in [0.4, 0.5) is 0 Å². The lowest BCUT2D eigenvalue weighted by molar-refractivity contribution is 0.0928. The minimum Gasteiger partial charge on any atom is -0.480 e. The third-order valence-corrected chi connectivity index (χ3v) is 4.81. The molecule has 1 N–H and O–H groups in total. The molecule has 0 bridgehead atoms. The lowest BCUT2D eigenvalue weighted by Crippen LogP contribution is -2.38. The minimum atomic E-state index is -0.142. The third-order valence-electron chi connectivity index (χ3n) is 3.62. The second-order valence-corrected chi connectivity index (χ2v) is 5.14. The summed E-state index contributed by atoms with van der Waals surface area (Å²) >= 11 is 3.54. The molecule has 1 aromatic rings. The molecule has 1 amide bonds. The van der Waals surface area contributed by atoms with E-state index in [4.69, 9.17) is 4.74 Å². The van der Waals surface area contributed by atoms with Gasteiger partial charge in [-0.1, -0.05) is 29.8 Å². The first-order chi connectivity index (χ1) is 9.12. The highest BCUT2D eigenvalue weighted by Gasteiger charge is 2.26. The predicted octanol–water partition coefficient (Wildman–Crippen LogP) is 3.02. The summed E-state index contributed by atoms with van der Waals surface area (Å²) in [5.74, 6) is 0.217. The molecular weight excluding hydrogens is 308 g/mol. The Morgan fingerprint density at radius 3 is 2.68 bits per heavy atom. The van der Waals surface area contributed by atoms with Crippen LogP contribution >= 0.6 is 15.9 Å². The zero-order valence-electron chi connectivity index (χ0n) is 11.7. The molecule has 0 spiro atoms. The van der Waals surface area contributed by atoms with Crippen molar-refractivity contribution in [1.82, 2.24) is 10.3 Å². The van der Waals surface area contributed by atoms with E-state index in [1.165, 1.54) is 7.11 Å². The van der Waals surface area contributed by atoms with Gasteiger partial charge in [0.15, 0.2) is 0 Å². The van der Waals surface area contributed by atoms with E-state index >= 15 is 0 Å². The van der Waals surface area contributed by atoms with Gasteiger partial charge in [0.05, 0.1) is 7.11 Å². The normalized spacial score (nSPS) is 11.2. The highest BCUT2D eigenvalue weighted by molar-refractivity contribution is 9.09. The van der Waals surface area contributed by atoms with Crippen molar-refractivity contribution in [1.29, 1.82) is 0 Å². The van der Waals surface area contributed by atoms with Crippen molar-refractivity contribution in [3.8, 4) is 5.88 Å². The van der Waals surface area contributed by atoms with Gasteiger partial charge in [-0.05, 0) is 30.4 Å². The van der Waals surface area contributed by atoms with Gasteiger partial charge >= 0.3 is 0 Å². The minimum absolute atomic E-state index is 0.102. The SMILES string of the molecule is CCC(CC)(CBr)CNC(=O)c1cccnc1OC. The highest BCUT2D eigenvalue weighted by Crippen LogP contribution is 2.28. The maximum Gasteiger partial charge on any atom is 0.256 e. The number of pyridine rings is 1. The summed E-state index contributed by atoms with van der Waals surface area (Å²) in [5, 5.41) is 3.85. The first-order valence-electron chi connectivity index (χ1n) is 6.45. The monoisotopic (exact) mass is 328 g/mol. The van der Waals surface area contributed by atoms with E-state index in [1.54, 1.807) is 18.3 Å². The van der Waals surface area contributed by atoms with Crippen LogP contribution in [0, 0.1) is 5.41 Å². The van der Waals surface area contributed by atoms with Crippen molar-refractivity contribution in [2.24, 2.45) is 5.41 Å². The first-order valence-corrected chi connectivity index (χ1v) is 7.57. The van der Waals surface area contributed by atoms with Crippen LogP contribution in [0.2, 0.25) is 0 Å². The van der Waals surface area contributed by atoms with Crippen LogP contribution in [-0.2, 0) is 0 Å². The Hall–Kier alpha value is -1.10. The molecular formula is C14H21BrN2O2. The van der Waals surface area contributed by atoms with Gasteiger partial charge in [0.25, 0.3) is 5.91 Å². The largest absolute Gasteiger partial charge is 0.480 e. The van der Waals surface area contributed by atoms with Crippen molar-refractivity contribution in [2.45, 2.75) is 26.7 Å². The number of halogens is 1. The Morgan fingerprint density at radius 1 is 1.47 bits per heavy atom. The zero-order valence-corrected chi connectivity index (χ0v) is 13.3. The lowest BCUT2D eigenvalue weighted by atomic mass is 9.84. The van der Waals surface area contributed by atoms with Crippen LogP contribution in [0.3, 0.4) is 0 Å². The first kappa shape index (κ1) is 16.0. The fourth-order valence-corrected chi connectivity index (χ4v) is 2.82. The third kappa shape index (κ3) is 3.93. The van der Waals surface area contributed by atoms with E-state index in [2.05, 4.69) is 40.1 Å². The second kappa shape index (κ2) is 7.48. The number of carbonyl (C=O) groups is 1. The summed E-state index contributed by atoms with van der Waals surface area (Å²) in [7, 11) is 1.51. The van der Waals surface area contributed by atoms with Crippen LogP contribution in [0.5, 0.6) is 5.88 Å². The molecule has 19 heavy (non-hydrogen) atoms. The smallest absolute Gasteiger partial charge is 0.256 e. The van der Waals surface area contributed by atoms with Crippen LogP contribution in [0.1, 0.15) is 37.0 Å². The molecule has 1 aromatic heterocycles. The molecule has 0 aromatic carbocycles. The van der Waals surface area contributed by atoms with Gasteiger partial charge in [0.2, 0.25) is 5.88 Å². The van der Waals surface area contributed by atoms with Gasteiger partial charge in [-0.3, -0.25) is 4.79 Å². The molecule has 0 aliphatic carbocycles. The average Bonchev–Trinajstić information content (AvgIpc) is 2.49. The Balaban J connectivity index is 2.75. The van der Waals surface area contributed by atoms with Gasteiger partial charge in [-0.15, -0.1) is 0 Å². The molecule has 0 unspecified atom stereocenters. The van der Waals surface area contributed by atoms with Crippen LogP contribution in [-0.4, -0.2) is 29.9 Å². The summed E-state index contributed by atoms with van der Waals surface area (Å²) in [5.41, 5.74) is 0.575. The van der Waals surface area contributed by atoms with Crippen LogP contribution in [0.25, 0.3) is 0 Å². The molecule has 1 rings (SSSR count). The fraction of sp³-hybridized carbons (Fsp3) is 0.571. The van der Waals surface area contributed by atoms with Gasteiger partial charge in [0, 0.05) is 18.1 Å². The number of hydrogen-bond acceptors (Lipinski definition) is 3. The Bertz CT molecular complexity index is 411. The molecule has 0 aliphatic rings. The quantitative estimate of drug-likeness (QED) is 0.783. The van der Waals surface area contributed by atoms with E-state index in [1.807, 2.05) is 0 Å². The predicted molar refractivity (Wildman–Crippen MR) is 79.9 cm³/mol. The standard InChI is InChI=1S/C14H21BrN2O2/c1-4-14(5-2,9-15)10-17-12(18)11-7-6-8-16-13(11)19-3/h6-8H,4-5,9-10H2,1-3H3,(H,17,18). The van der Waals surface area contributed by atoms with Crippen molar-refractivity contribution < 1.29 is 9.53 Å². The van der Waals surface area contributed by atoms with E-state index in [-0.39, 0.29) is 11.3 Å². The number of rotatable bonds is 7. The summed E-state index contributed by atoms with van der Waals surface area (Å²) < 4.78 is 5.10. The van der Waals surface area contributed by atoms with E-state index in [0.29, 0.717) is 18.0 Å². The molecule has 5 heteroatoms. The van der Waals surface area contributed by atoms with E-state index < -0.39 is 0 Å². The lowest BCUT2D eigenvalue weighted by Gasteiger charge is -2.29. The molecule has 0 aliphatic heterocycles. The Labute approximate surface area is 123 Å². The number of hydrogen-bond donors (Lipinski definition) is 1. The average molecular weight is 329 g/mol. The summed E-state index contributed by atoms with van der Waals surface area (Å²) in [4.78, 5) is 16.2. The molecule has 1 heterocycles.